The van der Waals surface area contributed by atoms with Crippen molar-refractivity contribution in [1.82, 2.24) is 25.5 Å². The Balaban J connectivity index is 1.53. The van der Waals surface area contributed by atoms with Crippen molar-refractivity contribution in [2.45, 2.75) is 6.92 Å². The average Bonchev–Trinajstić information content (AvgIpc) is 3.13. The Morgan fingerprint density at radius 3 is 2.88 bits per heavy atom. The van der Waals surface area contributed by atoms with Crippen LogP contribution in [0.4, 0.5) is 0 Å². The van der Waals surface area contributed by atoms with Crippen LogP contribution in [0.5, 0.6) is 5.75 Å². The summed E-state index contributed by atoms with van der Waals surface area (Å²) in [5.74, 6) is 0.627. The summed E-state index contributed by atoms with van der Waals surface area (Å²) in [6.07, 6.45) is 1.48. The van der Waals surface area contributed by atoms with Gasteiger partial charge in [0.15, 0.2) is 0 Å². The third-order valence-electron chi connectivity index (χ3n) is 3.37. The van der Waals surface area contributed by atoms with E-state index in [4.69, 9.17) is 4.74 Å². The molecule has 1 aromatic heterocycles. The topological polar surface area (TPSA) is 81.9 Å². The molecule has 24 heavy (non-hydrogen) atoms. The molecular formula is C17H17N5O2. The number of aromatic nitrogens is 4. The van der Waals surface area contributed by atoms with Crippen molar-refractivity contribution in [2.75, 3.05) is 13.2 Å². The number of nitrogens with zero attached hydrogens (tertiary/aromatic N) is 4. The zero-order valence-electron chi connectivity index (χ0n) is 13.2. The number of ether oxygens (including phenoxy) is 1. The Bertz CT molecular complexity index is 817. The van der Waals surface area contributed by atoms with Gasteiger partial charge in [-0.3, -0.25) is 4.79 Å². The molecule has 0 saturated heterocycles. The van der Waals surface area contributed by atoms with Crippen molar-refractivity contribution in [3.63, 3.8) is 0 Å². The number of hydrogen-bond donors (Lipinski definition) is 1. The highest BCUT2D eigenvalue weighted by molar-refractivity contribution is 5.94. The predicted octanol–water partition coefficient (Wildman–Crippen LogP) is 1.78. The molecule has 0 aliphatic heterocycles. The SMILES string of the molecule is Cc1cccc(OCCNC(=O)c2cccc(-n3cnnn3)c2)c1. The van der Waals surface area contributed by atoms with Gasteiger partial charge in [-0.05, 0) is 53.2 Å². The second kappa shape index (κ2) is 7.36. The summed E-state index contributed by atoms with van der Waals surface area (Å²) in [6, 6.07) is 14.9. The number of hydrogen-bond acceptors (Lipinski definition) is 5. The zero-order chi connectivity index (χ0) is 16.8. The van der Waals surface area contributed by atoms with Crippen LogP contribution in [0.2, 0.25) is 0 Å². The van der Waals surface area contributed by atoms with Gasteiger partial charge in [-0.2, -0.15) is 0 Å². The van der Waals surface area contributed by atoms with E-state index >= 15 is 0 Å². The highest BCUT2D eigenvalue weighted by Gasteiger charge is 2.07. The van der Waals surface area contributed by atoms with Crippen LogP contribution in [-0.2, 0) is 0 Å². The maximum Gasteiger partial charge on any atom is 0.251 e. The Morgan fingerprint density at radius 1 is 1.21 bits per heavy atom. The molecule has 0 aliphatic rings. The van der Waals surface area contributed by atoms with Crippen molar-refractivity contribution >= 4 is 5.91 Å². The maximum atomic E-state index is 12.2. The van der Waals surface area contributed by atoms with Crippen molar-refractivity contribution in [2.24, 2.45) is 0 Å². The molecule has 0 spiro atoms. The molecule has 2 aromatic carbocycles. The van der Waals surface area contributed by atoms with Crippen LogP contribution in [0.25, 0.3) is 5.69 Å². The number of nitrogens with one attached hydrogen (secondary N) is 1. The molecular weight excluding hydrogens is 306 g/mol. The van der Waals surface area contributed by atoms with Crippen LogP contribution in [0.3, 0.4) is 0 Å². The van der Waals surface area contributed by atoms with Crippen molar-refractivity contribution < 1.29 is 9.53 Å². The molecule has 1 N–H and O–H groups in total. The Morgan fingerprint density at radius 2 is 2.08 bits per heavy atom. The molecule has 7 heteroatoms. The minimum atomic E-state index is -0.169. The van der Waals surface area contributed by atoms with Gasteiger partial charge in [0, 0.05) is 5.56 Å². The van der Waals surface area contributed by atoms with Crippen molar-refractivity contribution in [1.29, 1.82) is 0 Å². The number of benzene rings is 2. The molecule has 0 unspecified atom stereocenters. The van der Waals surface area contributed by atoms with Gasteiger partial charge in [0.05, 0.1) is 12.2 Å². The Hall–Kier alpha value is -3.22. The van der Waals surface area contributed by atoms with Crippen LogP contribution in [0.15, 0.2) is 54.9 Å². The van der Waals surface area contributed by atoms with Gasteiger partial charge >= 0.3 is 0 Å². The van der Waals surface area contributed by atoms with E-state index in [1.807, 2.05) is 37.3 Å². The molecule has 7 nitrogen and oxygen atoms in total. The summed E-state index contributed by atoms with van der Waals surface area (Å²) in [7, 11) is 0. The third-order valence-corrected chi connectivity index (χ3v) is 3.37. The third kappa shape index (κ3) is 3.95. The molecule has 0 aliphatic carbocycles. The van der Waals surface area contributed by atoms with Crippen LogP contribution in [0.1, 0.15) is 15.9 Å². The predicted molar refractivity (Wildman–Crippen MR) is 88.2 cm³/mol. The van der Waals surface area contributed by atoms with Gasteiger partial charge in [-0.25, -0.2) is 4.68 Å². The van der Waals surface area contributed by atoms with Crippen molar-refractivity contribution in [3.05, 3.63) is 66.0 Å². The number of carbonyl (C=O) groups excluding carboxylic acids is 1. The number of amides is 1. The summed E-state index contributed by atoms with van der Waals surface area (Å²) in [4.78, 5) is 12.2. The van der Waals surface area contributed by atoms with E-state index in [-0.39, 0.29) is 5.91 Å². The summed E-state index contributed by atoms with van der Waals surface area (Å²) in [5, 5.41) is 13.8. The lowest BCUT2D eigenvalue weighted by Crippen LogP contribution is -2.28. The number of aryl methyl sites for hydroxylation is 1. The fourth-order valence-electron chi connectivity index (χ4n) is 2.21. The lowest BCUT2D eigenvalue weighted by molar-refractivity contribution is 0.0947. The zero-order valence-corrected chi connectivity index (χ0v) is 13.2. The highest BCUT2D eigenvalue weighted by Crippen LogP contribution is 2.12. The van der Waals surface area contributed by atoms with Crippen LogP contribution < -0.4 is 10.1 Å². The maximum absolute atomic E-state index is 12.2. The van der Waals surface area contributed by atoms with Crippen LogP contribution in [-0.4, -0.2) is 39.3 Å². The lowest BCUT2D eigenvalue weighted by atomic mass is 10.2. The Kier molecular flexibility index (Phi) is 4.81. The molecule has 3 aromatic rings. The van der Waals surface area contributed by atoms with E-state index in [1.165, 1.54) is 11.0 Å². The quantitative estimate of drug-likeness (QED) is 0.699. The average molecular weight is 323 g/mol. The highest BCUT2D eigenvalue weighted by atomic mass is 16.5. The summed E-state index contributed by atoms with van der Waals surface area (Å²) in [6.45, 7) is 2.83. The van der Waals surface area contributed by atoms with Crippen LogP contribution in [0, 0.1) is 6.92 Å². The van der Waals surface area contributed by atoms with Crippen molar-refractivity contribution in [3.8, 4) is 11.4 Å². The van der Waals surface area contributed by atoms with Gasteiger partial charge in [0.2, 0.25) is 0 Å². The minimum Gasteiger partial charge on any atom is -0.492 e. The minimum absolute atomic E-state index is 0.169. The normalized spacial score (nSPS) is 10.4. The smallest absolute Gasteiger partial charge is 0.251 e. The fraction of sp³-hybridized carbons (Fsp3) is 0.176. The van der Waals surface area contributed by atoms with Gasteiger partial charge in [0.1, 0.15) is 18.7 Å². The van der Waals surface area contributed by atoms with Gasteiger partial charge in [0.25, 0.3) is 5.91 Å². The first-order valence-corrected chi connectivity index (χ1v) is 7.53. The largest absolute Gasteiger partial charge is 0.492 e. The second-order valence-corrected chi connectivity index (χ2v) is 5.23. The van der Waals surface area contributed by atoms with E-state index in [0.29, 0.717) is 18.7 Å². The summed E-state index contributed by atoms with van der Waals surface area (Å²) < 4.78 is 7.11. The first-order valence-electron chi connectivity index (χ1n) is 7.53. The van der Waals surface area contributed by atoms with Gasteiger partial charge in [-0.1, -0.05) is 18.2 Å². The van der Waals surface area contributed by atoms with Gasteiger partial charge < -0.3 is 10.1 Å². The molecule has 1 amide bonds. The molecule has 0 saturated carbocycles. The summed E-state index contributed by atoms with van der Waals surface area (Å²) in [5.41, 5.74) is 2.40. The van der Waals surface area contributed by atoms with E-state index in [2.05, 4.69) is 20.8 Å². The van der Waals surface area contributed by atoms with E-state index in [9.17, 15) is 4.79 Å². The Labute approximate surface area is 139 Å². The van der Waals surface area contributed by atoms with Gasteiger partial charge in [-0.15, -0.1) is 5.10 Å². The molecule has 0 fully saturated rings. The molecule has 0 bridgehead atoms. The van der Waals surface area contributed by atoms with E-state index in [1.54, 1.807) is 18.2 Å². The van der Waals surface area contributed by atoms with E-state index in [0.717, 1.165) is 17.0 Å². The standard InChI is InChI=1S/C17H17N5O2/c1-13-4-2-7-16(10-13)24-9-8-18-17(23)14-5-3-6-15(11-14)22-12-19-20-21-22/h2-7,10-12H,8-9H2,1H3,(H,18,23). The van der Waals surface area contributed by atoms with Crippen LogP contribution >= 0.6 is 0 Å². The number of tetrazole rings is 1. The molecule has 0 atom stereocenters. The van der Waals surface area contributed by atoms with E-state index < -0.39 is 0 Å². The molecule has 3 rings (SSSR count). The lowest BCUT2D eigenvalue weighted by Gasteiger charge is -2.09. The monoisotopic (exact) mass is 323 g/mol. The number of carbonyl (C=O) groups is 1. The first kappa shape index (κ1) is 15.7. The molecule has 122 valence electrons. The second-order valence-electron chi connectivity index (χ2n) is 5.23. The molecule has 0 radical (unpaired) electrons. The number of rotatable bonds is 6. The summed E-state index contributed by atoms with van der Waals surface area (Å²) >= 11 is 0. The first-order chi connectivity index (χ1) is 11.7. The fourth-order valence-corrected chi connectivity index (χ4v) is 2.21. The molecule has 1 heterocycles.